The van der Waals surface area contributed by atoms with Crippen molar-refractivity contribution in [3.05, 3.63) is 0 Å². The Morgan fingerprint density at radius 2 is 2.05 bits per heavy atom. The maximum Gasteiger partial charge on any atom is 0.0472 e. The van der Waals surface area contributed by atoms with Gasteiger partial charge in [-0.2, -0.15) is 0 Å². The average Bonchev–Trinajstić information content (AvgIpc) is 2.86. The van der Waals surface area contributed by atoms with E-state index >= 15 is 0 Å². The fraction of sp³-hybridized carbons (Fsp3) is 1.00. The largest absolute Gasteiger partial charge is 0.381 e. The van der Waals surface area contributed by atoms with Gasteiger partial charge in [-0.15, -0.1) is 0 Å². The molecule has 2 saturated heterocycles. The molecule has 19 heavy (non-hydrogen) atoms. The average molecular weight is 268 g/mol. The lowest BCUT2D eigenvalue weighted by molar-refractivity contribution is -0.00143. The molecule has 0 aromatic rings. The highest BCUT2D eigenvalue weighted by molar-refractivity contribution is 4.89. The topological polar surface area (TPSA) is 24.5 Å². The Labute approximate surface area is 119 Å². The fourth-order valence-electron chi connectivity index (χ4n) is 3.61. The predicted molar refractivity (Wildman–Crippen MR) is 80.4 cm³/mol. The molecule has 2 aliphatic heterocycles. The summed E-state index contributed by atoms with van der Waals surface area (Å²) in [6, 6.07) is 0. The molecule has 0 aromatic heterocycles. The zero-order valence-corrected chi connectivity index (χ0v) is 13.1. The first-order valence-corrected chi connectivity index (χ1v) is 8.16. The van der Waals surface area contributed by atoms with Crippen LogP contribution in [0.1, 0.15) is 40.0 Å². The minimum atomic E-state index is 0.458. The second kappa shape index (κ2) is 7.05. The molecule has 0 bridgehead atoms. The van der Waals surface area contributed by atoms with Crippen molar-refractivity contribution in [3.63, 3.8) is 0 Å². The van der Waals surface area contributed by atoms with Gasteiger partial charge in [-0.3, -0.25) is 0 Å². The highest BCUT2D eigenvalue weighted by atomic mass is 16.5. The molecule has 1 unspecified atom stereocenters. The van der Waals surface area contributed by atoms with E-state index in [1.165, 1.54) is 38.9 Å². The summed E-state index contributed by atoms with van der Waals surface area (Å²) in [5.74, 6) is 1.75. The number of hydrogen-bond acceptors (Lipinski definition) is 3. The van der Waals surface area contributed by atoms with E-state index in [-0.39, 0.29) is 0 Å². The van der Waals surface area contributed by atoms with Crippen LogP contribution < -0.4 is 5.32 Å². The normalized spacial score (nSPS) is 28.1. The van der Waals surface area contributed by atoms with Crippen LogP contribution in [0.15, 0.2) is 0 Å². The minimum Gasteiger partial charge on any atom is -0.381 e. The lowest BCUT2D eigenvalue weighted by Gasteiger charge is -2.40. The molecule has 2 rings (SSSR count). The van der Waals surface area contributed by atoms with Crippen molar-refractivity contribution in [2.45, 2.75) is 40.0 Å². The summed E-state index contributed by atoms with van der Waals surface area (Å²) in [4.78, 5) is 2.72. The van der Waals surface area contributed by atoms with Gasteiger partial charge in [0.15, 0.2) is 0 Å². The van der Waals surface area contributed by atoms with E-state index < -0.39 is 0 Å². The summed E-state index contributed by atoms with van der Waals surface area (Å²) in [6.45, 7) is 15.0. The number of hydrogen-bond donors (Lipinski definition) is 1. The summed E-state index contributed by atoms with van der Waals surface area (Å²) in [5, 5.41) is 3.58. The Balaban J connectivity index is 1.89. The zero-order chi connectivity index (χ0) is 13.7. The lowest BCUT2D eigenvalue weighted by Crippen LogP contribution is -2.47. The summed E-state index contributed by atoms with van der Waals surface area (Å²) >= 11 is 0. The van der Waals surface area contributed by atoms with Gasteiger partial charge in [0.25, 0.3) is 0 Å². The Bertz CT molecular complexity index is 261. The second-order valence-electron chi connectivity index (χ2n) is 6.92. The number of likely N-dealkylation sites (tertiary alicyclic amines) is 1. The quantitative estimate of drug-likeness (QED) is 0.800. The molecule has 1 atom stereocenters. The molecular weight excluding hydrogens is 236 g/mol. The van der Waals surface area contributed by atoms with Gasteiger partial charge in [0.1, 0.15) is 0 Å². The minimum absolute atomic E-state index is 0.458. The smallest absolute Gasteiger partial charge is 0.0472 e. The molecule has 0 aliphatic carbocycles. The van der Waals surface area contributed by atoms with E-state index in [9.17, 15) is 0 Å². The molecular formula is C16H32N2O. The summed E-state index contributed by atoms with van der Waals surface area (Å²) < 4.78 is 5.58. The van der Waals surface area contributed by atoms with Crippen molar-refractivity contribution >= 4 is 0 Å². The van der Waals surface area contributed by atoms with Gasteiger partial charge in [-0.1, -0.05) is 20.8 Å². The molecule has 2 fully saturated rings. The van der Waals surface area contributed by atoms with Crippen LogP contribution in [0.2, 0.25) is 0 Å². The van der Waals surface area contributed by atoms with Crippen molar-refractivity contribution in [1.29, 1.82) is 0 Å². The first-order chi connectivity index (χ1) is 9.15. The molecule has 0 spiro atoms. The number of nitrogens with one attached hydrogen (secondary N) is 1. The van der Waals surface area contributed by atoms with Crippen molar-refractivity contribution in [1.82, 2.24) is 10.2 Å². The Morgan fingerprint density at radius 1 is 1.32 bits per heavy atom. The Kier molecular flexibility index (Phi) is 5.67. The van der Waals surface area contributed by atoms with Gasteiger partial charge in [-0.25, -0.2) is 0 Å². The highest BCUT2D eigenvalue weighted by Crippen LogP contribution is 2.33. The van der Waals surface area contributed by atoms with Crippen LogP contribution in [0.3, 0.4) is 0 Å². The van der Waals surface area contributed by atoms with Gasteiger partial charge in [0.05, 0.1) is 0 Å². The van der Waals surface area contributed by atoms with Crippen LogP contribution in [0, 0.1) is 17.3 Å². The lowest BCUT2D eigenvalue weighted by atomic mass is 9.79. The second-order valence-corrected chi connectivity index (χ2v) is 6.92. The zero-order valence-electron chi connectivity index (χ0n) is 13.1. The van der Waals surface area contributed by atoms with Crippen LogP contribution in [0.25, 0.3) is 0 Å². The molecule has 2 aliphatic rings. The molecule has 0 aromatic carbocycles. The van der Waals surface area contributed by atoms with E-state index in [1.54, 1.807) is 0 Å². The maximum absolute atomic E-state index is 5.58. The van der Waals surface area contributed by atoms with E-state index in [2.05, 4.69) is 31.0 Å². The van der Waals surface area contributed by atoms with Crippen molar-refractivity contribution in [3.8, 4) is 0 Å². The third-order valence-electron chi connectivity index (χ3n) is 5.11. The monoisotopic (exact) mass is 268 g/mol. The number of ether oxygens (including phenoxy) is 1. The van der Waals surface area contributed by atoms with Crippen molar-refractivity contribution < 1.29 is 4.74 Å². The SMILES string of the molecule is CCNCC1(CN2CCC(C(C)C)C2)CCOCC1. The van der Waals surface area contributed by atoms with Gasteiger partial charge in [0, 0.05) is 32.8 Å². The van der Waals surface area contributed by atoms with Crippen LogP contribution in [0.5, 0.6) is 0 Å². The Hall–Kier alpha value is -0.120. The number of nitrogens with zero attached hydrogens (tertiary/aromatic N) is 1. The molecule has 0 amide bonds. The molecule has 2 heterocycles. The summed E-state index contributed by atoms with van der Waals surface area (Å²) in [5.41, 5.74) is 0.458. The van der Waals surface area contributed by atoms with Gasteiger partial charge < -0.3 is 15.0 Å². The van der Waals surface area contributed by atoms with E-state index in [0.29, 0.717) is 5.41 Å². The predicted octanol–water partition coefficient (Wildman–Crippen LogP) is 2.37. The van der Waals surface area contributed by atoms with Crippen molar-refractivity contribution in [2.75, 3.05) is 45.9 Å². The first-order valence-electron chi connectivity index (χ1n) is 8.16. The summed E-state index contributed by atoms with van der Waals surface area (Å²) in [6.07, 6.45) is 3.84. The fourth-order valence-corrected chi connectivity index (χ4v) is 3.61. The Morgan fingerprint density at radius 3 is 2.63 bits per heavy atom. The maximum atomic E-state index is 5.58. The first kappa shape index (κ1) is 15.3. The third-order valence-corrected chi connectivity index (χ3v) is 5.11. The van der Waals surface area contributed by atoms with E-state index in [4.69, 9.17) is 4.74 Å². The molecule has 112 valence electrons. The van der Waals surface area contributed by atoms with Crippen LogP contribution in [-0.4, -0.2) is 50.8 Å². The highest BCUT2D eigenvalue weighted by Gasteiger charge is 2.36. The van der Waals surface area contributed by atoms with Gasteiger partial charge in [0.2, 0.25) is 0 Å². The number of rotatable bonds is 6. The standard InChI is InChI=1S/C16H32N2O/c1-4-17-12-16(6-9-19-10-7-16)13-18-8-5-15(11-18)14(2)3/h14-15,17H,4-13H2,1-3H3. The third kappa shape index (κ3) is 4.17. The molecule has 1 N–H and O–H groups in total. The van der Waals surface area contributed by atoms with E-state index in [1.807, 2.05) is 0 Å². The molecule has 0 radical (unpaired) electrons. The van der Waals surface area contributed by atoms with Crippen LogP contribution in [-0.2, 0) is 4.74 Å². The molecule has 3 nitrogen and oxygen atoms in total. The van der Waals surface area contributed by atoms with Gasteiger partial charge >= 0.3 is 0 Å². The summed E-state index contributed by atoms with van der Waals surface area (Å²) in [7, 11) is 0. The van der Waals surface area contributed by atoms with Crippen LogP contribution >= 0.6 is 0 Å². The molecule has 3 heteroatoms. The van der Waals surface area contributed by atoms with Crippen molar-refractivity contribution in [2.24, 2.45) is 17.3 Å². The van der Waals surface area contributed by atoms with Gasteiger partial charge in [-0.05, 0) is 49.6 Å². The van der Waals surface area contributed by atoms with Crippen LogP contribution in [0.4, 0.5) is 0 Å². The van der Waals surface area contributed by atoms with E-state index in [0.717, 1.165) is 38.1 Å². The molecule has 0 saturated carbocycles.